The highest BCUT2D eigenvalue weighted by Gasteiger charge is 2.09. The first-order valence-electron chi connectivity index (χ1n) is 6.39. The molecule has 20 heavy (non-hydrogen) atoms. The molecule has 1 N–H and O–H groups in total. The third-order valence-corrected chi connectivity index (χ3v) is 4.61. The summed E-state index contributed by atoms with van der Waals surface area (Å²) >= 11 is 5.18. The lowest BCUT2D eigenvalue weighted by Crippen LogP contribution is -2.06. The van der Waals surface area contributed by atoms with E-state index in [1.165, 1.54) is 4.88 Å². The van der Waals surface area contributed by atoms with Crippen LogP contribution in [0.15, 0.2) is 40.2 Å². The topological polar surface area (TPSA) is 38.3 Å². The highest BCUT2D eigenvalue weighted by Crippen LogP contribution is 2.29. The Hall–Kier alpha value is -1.33. The van der Waals surface area contributed by atoms with Crippen LogP contribution in [0.25, 0.3) is 0 Å². The van der Waals surface area contributed by atoms with Crippen LogP contribution in [-0.2, 0) is 4.74 Å². The van der Waals surface area contributed by atoms with Crippen molar-refractivity contribution in [2.45, 2.75) is 19.9 Å². The molecule has 0 bridgehead atoms. The van der Waals surface area contributed by atoms with Crippen molar-refractivity contribution in [3.8, 4) is 0 Å². The van der Waals surface area contributed by atoms with Crippen LogP contribution in [0.5, 0.6) is 0 Å². The van der Waals surface area contributed by atoms with Crippen molar-refractivity contribution in [1.29, 1.82) is 0 Å². The normalized spacial score (nSPS) is 11.9. The van der Waals surface area contributed by atoms with Gasteiger partial charge in [0.05, 0.1) is 22.0 Å². The smallest absolute Gasteiger partial charge is 0.338 e. The fourth-order valence-electron chi connectivity index (χ4n) is 1.80. The van der Waals surface area contributed by atoms with Crippen molar-refractivity contribution >= 4 is 38.9 Å². The van der Waals surface area contributed by atoms with E-state index < -0.39 is 0 Å². The Morgan fingerprint density at radius 2 is 2.00 bits per heavy atom. The van der Waals surface area contributed by atoms with E-state index in [9.17, 15) is 4.79 Å². The average molecular weight is 354 g/mol. The molecule has 0 aliphatic carbocycles. The Bertz CT molecular complexity index is 580. The Balaban J connectivity index is 2.01. The Kier molecular flexibility index (Phi) is 5.20. The minimum Gasteiger partial charge on any atom is -0.462 e. The van der Waals surface area contributed by atoms with Crippen LogP contribution in [-0.4, -0.2) is 12.6 Å². The number of hydrogen-bond donors (Lipinski definition) is 1. The molecule has 1 atom stereocenters. The van der Waals surface area contributed by atoms with E-state index in [4.69, 9.17) is 4.74 Å². The van der Waals surface area contributed by atoms with Gasteiger partial charge in [0.2, 0.25) is 0 Å². The summed E-state index contributed by atoms with van der Waals surface area (Å²) in [6, 6.07) is 11.7. The van der Waals surface area contributed by atoms with Crippen LogP contribution in [0.3, 0.4) is 0 Å². The van der Waals surface area contributed by atoms with Crippen molar-refractivity contribution in [2.75, 3.05) is 11.9 Å². The van der Waals surface area contributed by atoms with Crippen molar-refractivity contribution < 1.29 is 9.53 Å². The number of halogens is 1. The summed E-state index contributed by atoms with van der Waals surface area (Å²) < 4.78 is 6.08. The molecule has 1 heterocycles. The standard InChI is InChI=1S/C15H16BrNO2S/c1-3-19-15(18)11-4-6-12(7-5-11)17-10(2)13-8-9-14(16)20-13/h4-10,17H,3H2,1-2H3. The maximum absolute atomic E-state index is 11.6. The van der Waals surface area contributed by atoms with Crippen molar-refractivity contribution in [1.82, 2.24) is 0 Å². The summed E-state index contributed by atoms with van der Waals surface area (Å²) in [7, 11) is 0. The third-order valence-electron chi connectivity index (χ3n) is 2.80. The molecule has 3 nitrogen and oxygen atoms in total. The molecule has 0 aliphatic rings. The minimum absolute atomic E-state index is 0.222. The zero-order valence-electron chi connectivity index (χ0n) is 11.4. The van der Waals surface area contributed by atoms with E-state index in [1.807, 2.05) is 18.2 Å². The van der Waals surface area contributed by atoms with Crippen molar-refractivity contribution in [3.05, 3.63) is 50.6 Å². The second-order valence-corrected chi connectivity index (χ2v) is 6.80. The van der Waals surface area contributed by atoms with Crippen molar-refractivity contribution in [3.63, 3.8) is 0 Å². The quantitative estimate of drug-likeness (QED) is 0.780. The summed E-state index contributed by atoms with van der Waals surface area (Å²) in [4.78, 5) is 12.8. The van der Waals surface area contributed by atoms with Gasteiger partial charge < -0.3 is 10.1 Å². The molecule has 106 valence electrons. The zero-order chi connectivity index (χ0) is 14.5. The Morgan fingerprint density at radius 3 is 2.55 bits per heavy atom. The molecule has 0 fully saturated rings. The number of thiophene rings is 1. The van der Waals surface area contributed by atoms with Gasteiger partial charge in [0.1, 0.15) is 0 Å². The van der Waals surface area contributed by atoms with Gasteiger partial charge in [-0.25, -0.2) is 4.79 Å². The van der Waals surface area contributed by atoms with Crippen LogP contribution >= 0.6 is 27.3 Å². The zero-order valence-corrected chi connectivity index (χ0v) is 13.8. The molecule has 1 aromatic carbocycles. The Labute approximate surface area is 131 Å². The lowest BCUT2D eigenvalue weighted by Gasteiger charge is -2.14. The van der Waals surface area contributed by atoms with Gasteiger partial charge in [-0.1, -0.05) is 0 Å². The summed E-state index contributed by atoms with van der Waals surface area (Å²) in [5, 5.41) is 3.41. The Morgan fingerprint density at radius 1 is 1.30 bits per heavy atom. The molecule has 1 aromatic heterocycles. The number of carbonyl (C=O) groups excluding carboxylic acids is 1. The molecule has 5 heteroatoms. The van der Waals surface area contributed by atoms with Gasteiger partial charge in [0.25, 0.3) is 0 Å². The molecular weight excluding hydrogens is 338 g/mol. The van der Waals surface area contributed by atoms with E-state index in [0.29, 0.717) is 12.2 Å². The highest BCUT2D eigenvalue weighted by atomic mass is 79.9. The monoisotopic (exact) mass is 353 g/mol. The maximum Gasteiger partial charge on any atom is 0.338 e. The molecule has 2 aromatic rings. The summed E-state index contributed by atoms with van der Waals surface area (Å²) in [5.41, 5.74) is 1.55. The molecule has 2 rings (SSSR count). The number of benzene rings is 1. The summed E-state index contributed by atoms with van der Waals surface area (Å²) in [6.45, 7) is 4.30. The van der Waals surface area contributed by atoms with E-state index >= 15 is 0 Å². The number of rotatable bonds is 5. The molecular formula is C15H16BrNO2S. The lowest BCUT2D eigenvalue weighted by atomic mass is 10.2. The molecule has 0 saturated carbocycles. The van der Waals surface area contributed by atoms with Gasteiger partial charge in [0, 0.05) is 10.6 Å². The van der Waals surface area contributed by atoms with Gasteiger partial charge in [0.15, 0.2) is 0 Å². The second-order valence-electron chi connectivity index (χ2n) is 4.31. The number of ether oxygens (including phenoxy) is 1. The van der Waals surface area contributed by atoms with Crippen LogP contribution in [0, 0.1) is 0 Å². The first kappa shape index (κ1) is 15.1. The van der Waals surface area contributed by atoms with Crippen LogP contribution < -0.4 is 5.32 Å². The average Bonchev–Trinajstić information content (AvgIpc) is 2.86. The van der Waals surface area contributed by atoms with E-state index in [-0.39, 0.29) is 12.0 Å². The van der Waals surface area contributed by atoms with Gasteiger partial charge >= 0.3 is 5.97 Å². The van der Waals surface area contributed by atoms with E-state index in [0.717, 1.165) is 9.47 Å². The summed E-state index contributed by atoms with van der Waals surface area (Å²) in [6.07, 6.45) is 0. The third kappa shape index (κ3) is 3.84. The van der Waals surface area contributed by atoms with Crippen LogP contribution in [0.4, 0.5) is 5.69 Å². The lowest BCUT2D eigenvalue weighted by molar-refractivity contribution is 0.0526. The highest BCUT2D eigenvalue weighted by molar-refractivity contribution is 9.11. The molecule has 1 unspecified atom stereocenters. The molecule has 0 amide bonds. The van der Waals surface area contributed by atoms with Gasteiger partial charge in [-0.05, 0) is 66.2 Å². The van der Waals surface area contributed by atoms with Gasteiger partial charge in [-0.15, -0.1) is 11.3 Å². The van der Waals surface area contributed by atoms with E-state index in [1.54, 1.807) is 30.4 Å². The van der Waals surface area contributed by atoms with Crippen LogP contribution in [0.2, 0.25) is 0 Å². The van der Waals surface area contributed by atoms with Crippen LogP contribution in [0.1, 0.15) is 35.1 Å². The molecule has 0 spiro atoms. The van der Waals surface area contributed by atoms with Gasteiger partial charge in [-0.2, -0.15) is 0 Å². The molecule has 0 radical (unpaired) electrons. The fourth-order valence-corrected chi connectivity index (χ4v) is 3.23. The molecule has 0 saturated heterocycles. The number of hydrogen-bond acceptors (Lipinski definition) is 4. The maximum atomic E-state index is 11.6. The predicted molar refractivity (Wildman–Crippen MR) is 86.5 cm³/mol. The second kappa shape index (κ2) is 6.90. The van der Waals surface area contributed by atoms with Crippen molar-refractivity contribution in [2.24, 2.45) is 0 Å². The number of anilines is 1. The minimum atomic E-state index is -0.283. The SMILES string of the molecule is CCOC(=O)c1ccc(NC(C)c2ccc(Br)s2)cc1. The predicted octanol–water partition coefficient (Wildman–Crippen LogP) is 4.86. The first-order chi connectivity index (χ1) is 9.60. The first-order valence-corrected chi connectivity index (χ1v) is 8.00. The van der Waals surface area contributed by atoms with E-state index in [2.05, 4.69) is 34.2 Å². The summed E-state index contributed by atoms with van der Waals surface area (Å²) in [5.74, 6) is -0.283. The molecule has 0 aliphatic heterocycles. The fraction of sp³-hybridized carbons (Fsp3) is 0.267. The number of esters is 1. The van der Waals surface area contributed by atoms with Gasteiger partial charge in [-0.3, -0.25) is 0 Å². The number of nitrogens with one attached hydrogen (secondary N) is 1. The number of carbonyl (C=O) groups is 1. The largest absolute Gasteiger partial charge is 0.462 e.